The van der Waals surface area contributed by atoms with E-state index in [1.807, 2.05) is 48.7 Å². The van der Waals surface area contributed by atoms with Gasteiger partial charge in [-0.15, -0.1) is 0 Å². The Hall–Kier alpha value is -2.46. The molecule has 0 bridgehead atoms. The van der Waals surface area contributed by atoms with Crippen LogP contribution < -0.4 is 0 Å². The Labute approximate surface area is 100 Å². The molecule has 0 aliphatic carbocycles. The van der Waals surface area contributed by atoms with Crippen LogP contribution >= 0.6 is 0 Å². The molecule has 0 aliphatic rings. The van der Waals surface area contributed by atoms with Crippen LogP contribution in [0.5, 0.6) is 0 Å². The van der Waals surface area contributed by atoms with Gasteiger partial charge in [-0.25, -0.2) is 0 Å². The second kappa shape index (κ2) is 4.19. The van der Waals surface area contributed by atoms with Crippen LogP contribution in [0.4, 0.5) is 0 Å². The lowest BCUT2D eigenvalue weighted by molar-refractivity contribution is 1.47. The lowest BCUT2D eigenvalue weighted by Crippen LogP contribution is -1.73. The largest absolute Gasteiger partial charge is 0.360 e. The summed E-state index contributed by atoms with van der Waals surface area (Å²) in [6.45, 7) is 0. The molecule has 0 atom stereocenters. The lowest BCUT2D eigenvalue weighted by Gasteiger charge is -1.89. The molecule has 1 N–H and O–H groups in total. The minimum Gasteiger partial charge on any atom is -0.360 e. The molecule has 0 saturated carbocycles. The van der Waals surface area contributed by atoms with Crippen LogP contribution in [0.15, 0.2) is 60.8 Å². The standard InChI is InChI=1S/C16H11N/c1-2-6-13(7-3-1)10-11-14-12-17-16-9-5-4-8-15(14)16/h1-9,12,17H. The van der Waals surface area contributed by atoms with E-state index in [1.54, 1.807) is 0 Å². The number of aromatic amines is 1. The number of rotatable bonds is 0. The van der Waals surface area contributed by atoms with Crippen LogP contribution in [0, 0.1) is 11.8 Å². The molecule has 3 rings (SSSR count). The third-order valence-electron chi connectivity index (χ3n) is 2.70. The Morgan fingerprint density at radius 2 is 1.53 bits per heavy atom. The van der Waals surface area contributed by atoms with Gasteiger partial charge in [-0.05, 0) is 18.2 Å². The number of nitrogens with one attached hydrogen (secondary N) is 1. The minimum atomic E-state index is 1.04. The first-order chi connectivity index (χ1) is 8.43. The van der Waals surface area contributed by atoms with Gasteiger partial charge < -0.3 is 4.98 Å². The zero-order valence-corrected chi connectivity index (χ0v) is 9.27. The summed E-state index contributed by atoms with van der Waals surface area (Å²) in [5, 5.41) is 1.18. The molecule has 0 aliphatic heterocycles. The van der Waals surface area contributed by atoms with E-state index < -0.39 is 0 Å². The number of hydrogen-bond donors (Lipinski definition) is 1. The highest BCUT2D eigenvalue weighted by atomic mass is 14.7. The van der Waals surface area contributed by atoms with Gasteiger partial charge >= 0.3 is 0 Å². The van der Waals surface area contributed by atoms with Gasteiger partial charge in [-0.2, -0.15) is 0 Å². The summed E-state index contributed by atoms with van der Waals surface area (Å²) >= 11 is 0. The van der Waals surface area contributed by atoms with Crippen molar-refractivity contribution in [2.24, 2.45) is 0 Å². The Morgan fingerprint density at radius 1 is 0.765 bits per heavy atom. The molecule has 0 saturated heterocycles. The molecule has 0 fully saturated rings. The van der Waals surface area contributed by atoms with Crippen molar-refractivity contribution in [1.29, 1.82) is 0 Å². The number of aromatic nitrogens is 1. The van der Waals surface area contributed by atoms with E-state index in [1.165, 1.54) is 5.39 Å². The average molecular weight is 217 g/mol. The van der Waals surface area contributed by atoms with Gasteiger partial charge in [0.05, 0.1) is 5.56 Å². The molecule has 1 aromatic heterocycles. The van der Waals surface area contributed by atoms with Crippen molar-refractivity contribution in [2.45, 2.75) is 0 Å². The number of benzene rings is 2. The van der Waals surface area contributed by atoms with Gasteiger partial charge in [0.2, 0.25) is 0 Å². The highest BCUT2D eigenvalue weighted by Crippen LogP contribution is 2.16. The van der Waals surface area contributed by atoms with E-state index in [0.29, 0.717) is 0 Å². The van der Waals surface area contributed by atoms with E-state index in [0.717, 1.165) is 16.6 Å². The van der Waals surface area contributed by atoms with E-state index >= 15 is 0 Å². The summed E-state index contributed by atoms with van der Waals surface area (Å²) < 4.78 is 0. The Balaban J connectivity index is 2.04. The number of H-pyrrole nitrogens is 1. The highest BCUT2D eigenvalue weighted by molar-refractivity contribution is 5.86. The number of fused-ring (bicyclic) bond motifs is 1. The summed E-state index contributed by atoms with van der Waals surface area (Å²) in [6, 6.07) is 18.2. The summed E-state index contributed by atoms with van der Waals surface area (Å²) in [7, 11) is 0. The first-order valence-electron chi connectivity index (χ1n) is 5.57. The van der Waals surface area contributed by atoms with Crippen molar-refractivity contribution in [3.8, 4) is 11.8 Å². The lowest BCUT2D eigenvalue weighted by atomic mass is 10.1. The Bertz CT molecular complexity index is 696. The number of para-hydroxylation sites is 1. The van der Waals surface area contributed by atoms with Crippen molar-refractivity contribution in [1.82, 2.24) is 4.98 Å². The third-order valence-corrected chi connectivity index (χ3v) is 2.70. The fourth-order valence-electron chi connectivity index (χ4n) is 1.84. The molecule has 17 heavy (non-hydrogen) atoms. The fourth-order valence-corrected chi connectivity index (χ4v) is 1.84. The second-order valence-corrected chi connectivity index (χ2v) is 3.86. The van der Waals surface area contributed by atoms with Crippen molar-refractivity contribution < 1.29 is 0 Å². The summed E-state index contributed by atoms with van der Waals surface area (Å²) in [5.41, 5.74) is 3.21. The predicted octanol–water partition coefficient (Wildman–Crippen LogP) is 3.57. The van der Waals surface area contributed by atoms with Crippen molar-refractivity contribution in [3.63, 3.8) is 0 Å². The van der Waals surface area contributed by atoms with Crippen LogP contribution in [0.1, 0.15) is 11.1 Å². The van der Waals surface area contributed by atoms with E-state index in [-0.39, 0.29) is 0 Å². The van der Waals surface area contributed by atoms with Crippen LogP contribution in [0.2, 0.25) is 0 Å². The molecular weight excluding hydrogens is 206 g/mol. The molecule has 0 radical (unpaired) electrons. The molecule has 0 unspecified atom stereocenters. The molecule has 1 heteroatoms. The molecule has 3 aromatic rings. The summed E-state index contributed by atoms with van der Waals surface area (Å²) in [6.07, 6.45) is 1.96. The van der Waals surface area contributed by atoms with Crippen LogP contribution in [0.3, 0.4) is 0 Å². The fraction of sp³-hybridized carbons (Fsp3) is 0. The predicted molar refractivity (Wildman–Crippen MR) is 70.7 cm³/mol. The zero-order chi connectivity index (χ0) is 11.5. The molecule has 80 valence electrons. The van der Waals surface area contributed by atoms with Gasteiger partial charge in [0.15, 0.2) is 0 Å². The molecule has 0 amide bonds. The van der Waals surface area contributed by atoms with Crippen molar-refractivity contribution >= 4 is 10.9 Å². The average Bonchev–Trinajstić information content (AvgIpc) is 2.81. The smallest absolute Gasteiger partial charge is 0.0502 e. The van der Waals surface area contributed by atoms with Crippen molar-refractivity contribution in [3.05, 3.63) is 71.9 Å². The second-order valence-electron chi connectivity index (χ2n) is 3.86. The maximum Gasteiger partial charge on any atom is 0.0502 e. The highest BCUT2D eigenvalue weighted by Gasteiger charge is 1.98. The molecule has 0 spiro atoms. The Kier molecular flexibility index (Phi) is 2.40. The maximum atomic E-state index is 3.22. The minimum absolute atomic E-state index is 1.04. The zero-order valence-electron chi connectivity index (χ0n) is 9.27. The number of hydrogen-bond acceptors (Lipinski definition) is 0. The van der Waals surface area contributed by atoms with Gasteiger partial charge in [0, 0.05) is 22.7 Å². The molecular formula is C16H11N. The normalized spacial score (nSPS) is 9.88. The molecule has 2 aromatic carbocycles. The first-order valence-corrected chi connectivity index (χ1v) is 5.57. The van der Waals surface area contributed by atoms with E-state index in [2.05, 4.69) is 29.0 Å². The Morgan fingerprint density at radius 3 is 2.41 bits per heavy atom. The quantitative estimate of drug-likeness (QED) is 0.554. The van der Waals surface area contributed by atoms with Crippen molar-refractivity contribution in [2.75, 3.05) is 0 Å². The monoisotopic (exact) mass is 217 g/mol. The summed E-state index contributed by atoms with van der Waals surface area (Å²) in [5.74, 6) is 6.37. The van der Waals surface area contributed by atoms with Crippen LogP contribution in [-0.2, 0) is 0 Å². The van der Waals surface area contributed by atoms with Gasteiger partial charge in [-0.1, -0.05) is 48.2 Å². The van der Waals surface area contributed by atoms with E-state index in [4.69, 9.17) is 0 Å². The van der Waals surface area contributed by atoms with E-state index in [9.17, 15) is 0 Å². The first kappa shape index (κ1) is 9.74. The molecule has 1 heterocycles. The topological polar surface area (TPSA) is 15.8 Å². The van der Waals surface area contributed by atoms with Crippen LogP contribution in [-0.4, -0.2) is 4.98 Å². The third kappa shape index (κ3) is 1.93. The van der Waals surface area contributed by atoms with Gasteiger partial charge in [-0.3, -0.25) is 0 Å². The van der Waals surface area contributed by atoms with Gasteiger partial charge in [0.25, 0.3) is 0 Å². The summed E-state index contributed by atoms with van der Waals surface area (Å²) in [4.78, 5) is 3.22. The maximum absolute atomic E-state index is 3.22. The van der Waals surface area contributed by atoms with Crippen LogP contribution in [0.25, 0.3) is 10.9 Å². The molecule has 1 nitrogen and oxygen atoms in total. The SMILES string of the molecule is C(#Cc1c[nH]c2ccccc12)c1ccccc1. The van der Waals surface area contributed by atoms with Gasteiger partial charge in [0.1, 0.15) is 0 Å².